The van der Waals surface area contributed by atoms with Gasteiger partial charge in [0.2, 0.25) is 5.13 Å². The number of nitrogens with zero attached hydrogens (tertiary/aromatic N) is 5. The summed E-state index contributed by atoms with van der Waals surface area (Å²) in [6, 6.07) is 16.9. The lowest BCUT2D eigenvalue weighted by atomic mass is 10.1. The van der Waals surface area contributed by atoms with Gasteiger partial charge in [-0.15, -0.1) is 10.2 Å². The maximum Gasteiger partial charge on any atom is 0.260 e. The van der Waals surface area contributed by atoms with Crippen molar-refractivity contribution in [1.29, 1.82) is 5.26 Å². The number of hydrogen-bond acceptors (Lipinski definition) is 7. The minimum absolute atomic E-state index is 0.0557. The molecule has 4 aromatic rings. The van der Waals surface area contributed by atoms with E-state index in [1.54, 1.807) is 29.1 Å². The van der Waals surface area contributed by atoms with Gasteiger partial charge in [0.15, 0.2) is 4.34 Å². The average molecular weight is 495 g/mol. The molecule has 0 atom stereocenters. The van der Waals surface area contributed by atoms with Gasteiger partial charge in [-0.3, -0.25) is 10.1 Å². The summed E-state index contributed by atoms with van der Waals surface area (Å²) in [4.78, 5) is 13.0. The number of hydrogen-bond donors (Lipinski definition) is 1. The van der Waals surface area contributed by atoms with Gasteiger partial charge < -0.3 is 0 Å². The highest BCUT2D eigenvalue weighted by Crippen LogP contribution is 2.30. The van der Waals surface area contributed by atoms with Crippen molar-refractivity contribution in [2.24, 2.45) is 0 Å². The molecule has 0 saturated carbocycles. The maximum absolute atomic E-state index is 13.0. The third-order valence-corrected chi connectivity index (χ3v) is 7.00. The molecule has 0 aliphatic heterocycles. The third kappa shape index (κ3) is 5.42. The molecule has 33 heavy (non-hydrogen) atoms. The molecule has 0 spiro atoms. The van der Waals surface area contributed by atoms with Gasteiger partial charge in [-0.25, -0.2) is 4.68 Å². The number of anilines is 1. The van der Waals surface area contributed by atoms with Gasteiger partial charge in [0, 0.05) is 10.8 Å². The van der Waals surface area contributed by atoms with Crippen molar-refractivity contribution in [2.45, 2.75) is 29.9 Å². The van der Waals surface area contributed by atoms with Gasteiger partial charge in [-0.1, -0.05) is 66.7 Å². The summed E-state index contributed by atoms with van der Waals surface area (Å²) in [6.45, 7) is 4.02. The highest BCUT2D eigenvalue weighted by atomic mass is 35.5. The average Bonchev–Trinajstić information content (AvgIpc) is 3.45. The lowest BCUT2D eigenvalue weighted by molar-refractivity contribution is 0.102. The number of amides is 1. The van der Waals surface area contributed by atoms with Crippen LogP contribution in [0.25, 0.3) is 5.69 Å². The predicted octanol–water partition coefficient (Wildman–Crippen LogP) is 5.92. The number of carbonyl (C=O) groups excluding carboxylic acids is 1. The van der Waals surface area contributed by atoms with Gasteiger partial charge >= 0.3 is 0 Å². The van der Waals surface area contributed by atoms with Crippen LogP contribution in [0.5, 0.6) is 0 Å². The molecular formula is C23H19ClN6OS2. The zero-order chi connectivity index (χ0) is 23.4. The summed E-state index contributed by atoms with van der Waals surface area (Å²) in [5, 5.41) is 25.5. The molecule has 0 radical (unpaired) electrons. The van der Waals surface area contributed by atoms with Gasteiger partial charge in [0.25, 0.3) is 5.91 Å². The van der Waals surface area contributed by atoms with Crippen molar-refractivity contribution in [3.8, 4) is 11.8 Å². The number of halogens is 1. The van der Waals surface area contributed by atoms with Crippen LogP contribution in [-0.2, 0) is 5.75 Å². The van der Waals surface area contributed by atoms with Crippen LogP contribution in [0, 0.1) is 11.3 Å². The predicted molar refractivity (Wildman–Crippen MR) is 131 cm³/mol. The zero-order valence-corrected chi connectivity index (χ0v) is 20.2. The van der Waals surface area contributed by atoms with Crippen LogP contribution in [-0.4, -0.2) is 25.9 Å². The van der Waals surface area contributed by atoms with E-state index in [1.165, 1.54) is 23.1 Å². The SMILES string of the molecule is CC(C)c1c(C(=O)Nc2nnc(SCc3ccc(C#N)cc3)s2)cnn1-c1cccc(Cl)c1. The lowest BCUT2D eigenvalue weighted by Crippen LogP contribution is -2.15. The Kier molecular flexibility index (Phi) is 7.08. The molecule has 2 heterocycles. The number of rotatable bonds is 7. The van der Waals surface area contributed by atoms with Crippen LogP contribution in [0.15, 0.2) is 59.1 Å². The Balaban J connectivity index is 1.46. The fourth-order valence-electron chi connectivity index (χ4n) is 3.21. The molecular weight excluding hydrogens is 476 g/mol. The Morgan fingerprint density at radius 3 is 2.73 bits per heavy atom. The number of nitriles is 1. The Morgan fingerprint density at radius 1 is 1.24 bits per heavy atom. The summed E-state index contributed by atoms with van der Waals surface area (Å²) >= 11 is 8.97. The standard InChI is InChI=1S/C23H19ClN6OS2/c1-14(2)20-19(12-26-30(20)18-5-3-4-17(24)10-18)21(31)27-22-28-29-23(33-22)32-13-16-8-6-15(11-25)7-9-16/h3-10,12,14H,13H2,1-2H3,(H,27,28,31). The van der Waals surface area contributed by atoms with Gasteiger partial charge in [-0.2, -0.15) is 10.4 Å². The van der Waals surface area contributed by atoms with E-state index in [4.69, 9.17) is 16.9 Å². The quantitative estimate of drug-likeness (QED) is 0.253. The van der Waals surface area contributed by atoms with Crippen molar-refractivity contribution < 1.29 is 4.79 Å². The zero-order valence-electron chi connectivity index (χ0n) is 17.8. The van der Waals surface area contributed by atoms with E-state index in [-0.39, 0.29) is 11.8 Å². The number of benzene rings is 2. The molecule has 4 rings (SSSR count). The number of nitrogens with one attached hydrogen (secondary N) is 1. The molecule has 2 aromatic heterocycles. The molecule has 0 unspecified atom stereocenters. The summed E-state index contributed by atoms with van der Waals surface area (Å²) in [6.07, 6.45) is 1.56. The van der Waals surface area contributed by atoms with Crippen LogP contribution in [0.3, 0.4) is 0 Å². The fourth-order valence-corrected chi connectivity index (χ4v) is 5.09. The number of thioether (sulfide) groups is 1. The Hall–Kier alpha value is -3.19. The van der Waals surface area contributed by atoms with Crippen LogP contribution in [0.1, 0.15) is 46.9 Å². The minimum atomic E-state index is -0.285. The first-order chi connectivity index (χ1) is 15.9. The number of carbonyl (C=O) groups is 1. The molecule has 7 nitrogen and oxygen atoms in total. The second-order valence-corrected chi connectivity index (χ2v) is 10.1. The van der Waals surface area contributed by atoms with Crippen molar-refractivity contribution in [3.05, 3.63) is 82.1 Å². The summed E-state index contributed by atoms with van der Waals surface area (Å²) in [5.74, 6) is 0.463. The molecule has 10 heteroatoms. The summed E-state index contributed by atoms with van der Waals surface area (Å²) in [5.41, 5.74) is 3.77. The van der Waals surface area contributed by atoms with E-state index < -0.39 is 0 Å². The number of aromatic nitrogens is 4. The van der Waals surface area contributed by atoms with Crippen LogP contribution in [0.4, 0.5) is 5.13 Å². The molecule has 0 bridgehead atoms. The van der Waals surface area contributed by atoms with E-state index in [2.05, 4.69) is 26.7 Å². The first-order valence-electron chi connectivity index (χ1n) is 10.0. The van der Waals surface area contributed by atoms with Crippen LogP contribution >= 0.6 is 34.7 Å². The van der Waals surface area contributed by atoms with Crippen molar-refractivity contribution in [3.63, 3.8) is 0 Å². The fraction of sp³-hybridized carbons (Fsp3) is 0.174. The molecule has 0 aliphatic rings. The molecule has 2 aromatic carbocycles. The Labute approximate surface area is 204 Å². The van der Waals surface area contributed by atoms with Gasteiger partial charge in [0.1, 0.15) is 0 Å². The Morgan fingerprint density at radius 2 is 2.03 bits per heavy atom. The first-order valence-corrected chi connectivity index (χ1v) is 12.2. The van der Waals surface area contributed by atoms with Gasteiger partial charge in [0.05, 0.1) is 34.8 Å². The largest absolute Gasteiger partial charge is 0.296 e. The van der Waals surface area contributed by atoms with Crippen molar-refractivity contribution in [1.82, 2.24) is 20.0 Å². The first kappa shape index (κ1) is 23.0. The molecule has 0 aliphatic carbocycles. The second kappa shape index (κ2) is 10.2. The smallest absolute Gasteiger partial charge is 0.260 e. The van der Waals surface area contributed by atoms with E-state index >= 15 is 0 Å². The van der Waals surface area contributed by atoms with E-state index in [9.17, 15) is 4.79 Å². The van der Waals surface area contributed by atoms with Crippen LogP contribution < -0.4 is 5.32 Å². The van der Waals surface area contributed by atoms with Crippen LogP contribution in [0.2, 0.25) is 5.02 Å². The third-order valence-electron chi connectivity index (χ3n) is 4.72. The molecule has 1 N–H and O–H groups in total. The summed E-state index contributed by atoms with van der Waals surface area (Å²) < 4.78 is 2.48. The second-order valence-electron chi connectivity index (χ2n) is 7.41. The van der Waals surface area contributed by atoms with Crippen molar-refractivity contribution >= 4 is 45.7 Å². The van der Waals surface area contributed by atoms with E-state index in [0.29, 0.717) is 27.0 Å². The highest BCUT2D eigenvalue weighted by molar-refractivity contribution is 8.00. The van der Waals surface area contributed by atoms with Crippen molar-refractivity contribution in [2.75, 3.05) is 5.32 Å². The highest BCUT2D eigenvalue weighted by Gasteiger charge is 2.22. The topological polar surface area (TPSA) is 96.5 Å². The maximum atomic E-state index is 13.0. The molecule has 166 valence electrons. The monoisotopic (exact) mass is 494 g/mol. The lowest BCUT2D eigenvalue weighted by Gasteiger charge is -2.12. The Bertz CT molecular complexity index is 1320. The van der Waals surface area contributed by atoms with Gasteiger partial charge in [-0.05, 0) is 41.8 Å². The molecule has 0 fully saturated rings. The normalized spacial score (nSPS) is 10.9. The molecule has 0 saturated heterocycles. The minimum Gasteiger partial charge on any atom is -0.296 e. The van der Waals surface area contributed by atoms with E-state index in [1.807, 2.05) is 44.2 Å². The molecule has 1 amide bonds. The summed E-state index contributed by atoms with van der Waals surface area (Å²) in [7, 11) is 0. The van der Waals surface area contributed by atoms with E-state index in [0.717, 1.165) is 21.3 Å².